The Morgan fingerprint density at radius 3 is 2.87 bits per heavy atom. The third-order valence-electron chi connectivity index (χ3n) is 3.83. The molecule has 4 heteroatoms. The van der Waals surface area contributed by atoms with Gasteiger partial charge in [-0.05, 0) is 55.6 Å². The van der Waals surface area contributed by atoms with Gasteiger partial charge in [0.25, 0.3) is 0 Å². The van der Waals surface area contributed by atoms with Crippen LogP contribution in [0, 0.1) is 6.92 Å². The number of pyridine rings is 1. The number of nitrogens with zero attached hydrogens (tertiary/aromatic N) is 3. The monoisotopic (exact) mass is 308 g/mol. The Morgan fingerprint density at radius 1 is 1.39 bits per heavy atom. The number of rotatable bonds is 7. The van der Waals surface area contributed by atoms with Gasteiger partial charge in [-0.2, -0.15) is 0 Å². The first-order valence-electron chi connectivity index (χ1n) is 7.65. The van der Waals surface area contributed by atoms with Gasteiger partial charge in [0.1, 0.15) is 0 Å². The number of anilines is 1. The Hall–Kier alpha value is -2.46. The zero-order chi connectivity index (χ0) is 16.7. The summed E-state index contributed by atoms with van der Waals surface area (Å²) in [5.74, 6) is 0. The molecule has 0 amide bonds. The van der Waals surface area contributed by atoms with Crippen LogP contribution in [0.5, 0.6) is 0 Å². The van der Waals surface area contributed by atoms with Crippen molar-refractivity contribution in [3.63, 3.8) is 0 Å². The van der Waals surface area contributed by atoms with Crippen molar-refractivity contribution in [2.75, 3.05) is 19.4 Å². The zero-order valence-corrected chi connectivity index (χ0v) is 14.0. The molecule has 0 saturated carbocycles. The summed E-state index contributed by atoms with van der Waals surface area (Å²) in [5.41, 5.74) is 4.80. The van der Waals surface area contributed by atoms with Gasteiger partial charge in [-0.15, -0.1) is 0 Å². The molecular weight excluding hydrogens is 284 g/mol. The molecule has 0 aliphatic rings. The summed E-state index contributed by atoms with van der Waals surface area (Å²) in [6, 6.07) is 10.6. The summed E-state index contributed by atoms with van der Waals surface area (Å²) in [4.78, 5) is 10.3. The van der Waals surface area contributed by atoms with Gasteiger partial charge in [0.05, 0.1) is 6.04 Å². The first-order valence-corrected chi connectivity index (χ1v) is 7.65. The fraction of sp³-hybridized carbons (Fsp3) is 0.263. The average Bonchev–Trinajstić information content (AvgIpc) is 2.57. The van der Waals surface area contributed by atoms with Gasteiger partial charge in [-0.25, -0.2) is 0 Å². The van der Waals surface area contributed by atoms with Gasteiger partial charge < -0.3 is 5.32 Å². The molecule has 0 saturated heterocycles. The number of aliphatic imine (C=N–C) groups is 1. The van der Waals surface area contributed by atoms with E-state index in [2.05, 4.69) is 65.1 Å². The number of benzene rings is 1. The molecule has 1 N–H and O–H groups in total. The molecule has 1 atom stereocenters. The minimum Gasteiger partial charge on any atom is -0.388 e. The van der Waals surface area contributed by atoms with E-state index in [1.54, 1.807) is 12.4 Å². The Kier molecular flexibility index (Phi) is 6.06. The quantitative estimate of drug-likeness (QED) is 0.791. The van der Waals surface area contributed by atoms with Gasteiger partial charge >= 0.3 is 0 Å². The van der Waals surface area contributed by atoms with E-state index in [-0.39, 0.29) is 6.04 Å². The Labute approximate surface area is 138 Å². The molecule has 0 spiro atoms. The molecule has 1 heterocycles. The predicted octanol–water partition coefficient (Wildman–Crippen LogP) is 3.82. The van der Waals surface area contributed by atoms with Gasteiger partial charge in [0.2, 0.25) is 0 Å². The topological polar surface area (TPSA) is 40.5 Å². The fourth-order valence-electron chi connectivity index (χ4n) is 2.63. The SMILES string of the molecule is C=N/C=C\C(c1cccnc1)N(C)Cc1ccc(C)cc1NC. The van der Waals surface area contributed by atoms with Crippen LogP contribution >= 0.6 is 0 Å². The van der Waals surface area contributed by atoms with Crippen molar-refractivity contribution in [2.24, 2.45) is 4.99 Å². The van der Waals surface area contributed by atoms with Crippen LogP contribution in [-0.4, -0.2) is 30.7 Å². The van der Waals surface area contributed by atoms with E-state index in [1.165, 1.54) is 11.1 Å². The van der Waals surface area contributed by atoms with E-state index in [9.17, 15) is 0 Å². The highest BCUT2D eigenvalue weighted by Crippen LogP contribution is 2.25. The smallest absolute Gasteiger partial charge is 0.0564 e. The van der Waals surface area contributed by atoms with Crippen molar-refractivity contribution in [3.05, 3.63) is 71.7 Å². The van der Waals surface area contributed by atoms with Crippen molar-refractivity contribution in [3.8, 4) is 0 Å². The third kappa shape index (κ3) is 4.50. The number of likely N-dealkylation sites (N-methyl/N-ethyl adjacent to an activating group) is 1. The summed E-state index contributed by atoms with van der Waals surface area (Å²) >= 11 is 0. The third-order valence-corrected chi connectivity index (χ3v) is 3.83. The number of nitrogens with one attached hydrogen (secondary N) is 1. The van der Waals surface area contributed by atoms with Gasteiger partial charge in [-0.1, -0.05) is 18.2 Å². The highest BCUT2D eigenvalue weighted by atomic mass is 15.1. The average molecular weight is 308 g/mol. The molecule has 0 aliphatic carbocycles. The predicted molar refractivity (Wildman–Crippen MR) is 97.9 cm³/mol. The number of aromatic nitrogens is 1. The lowest BCUT2D eigenvalue weighted by molar-refractivity contribution is 0.277. The lowest BCUT2D eigenvalue weighted by atomic mass is 10.1. The molecule has 2 aromatic rings. The summed E-state index contributed by atoms with van der Waals surface area (Å²) in [5, 5.41) is 3.28. The van der Waals surface area contributed by atoms with E-state index >= 15 is 0 Å². The molecule has 1 aromatic carbocycles. The second kappa shape index (κ2) is 8.25. The minimum atomic E-state index is 0.0974. The molecule has 1 unspecified atom stereocenters. The molecular formula is C19H24N4. The van der Waals surface area contributed by atoms with Crippen molar-refractivity contribution in [1.29, 1.82) is 0 Å². The van der Waals surface area contributed by atoms with E-state index < -0.39 is 0 Å². The molecule has 0 aliphatic heterocycles. The van der Waals surface area contributed by atoms with Crippen LogP contribution in [0.25, 0.3) is 0 Å². The van der Waals surface area contributed by atoms with Crippen LogP contribution in [0.2, 0.25) is 0 Å². The van der Waals surface area contributed by atoms with Gasteiger partial charge in [0, 0.05) is 37.9 Å². The summed E-state index contributed by atoms with van der Waals surface area (Å²) < 4.78 is 0. The number of aryl methyl sites for hydroxylation is 1. The van der Waals surface area contributed by atoms with Crippen LogP contribution < -0.4 is 5.32 Å². The Balaban J connectivity index is 2.26. The van der Waals surface area contributed by atoms with Crippen LogP contribution in [0.15, 0.2) is 60.0 Å². The molecule has 0 radical (unpaired) electrons. The first-order chi connectivity index (χ1) is 11.2. The molecule has 0 fully saturated rings. The van der Waals surface area contributed by atoms with E-state index in [0.29, 0.717) is 0 Å². The molecule has 1 aromatic heterocycles. The van der Waals surface area contributed by atoms with E-state index in [0.717, 1.165) is 17.8 Å². The Bertz CT molecular complexity index is 664. The zero-order valence-electron chi connectivity index (χ0n) is 14.0. The summed E-state index contributed by atoms with van der Waals surface area (Å²) in [7, 11) is 4.06. The first kappa shape index (κ1) is 16.9. The molecule has 2 rings (SSSR count). The van der Waals surface area contributed by atoms with Crippen LogP contribution in [0.4, 0.5) is 5.69 Å². The lowest BCUT2D eigenvalue weighted by Crippen LogP contribution is -2.23. The number of hydrogen-bond acceptors (Lipinski definition) is 4. The van der Waals surface area contributed by atoms with Crippen molar-refractivity contribution >= 4 is 12.4 Å². The maximum absolute atomic E-state index is 4.23. The summed E-state index contributed by atoms with van der Waals surface area (Å²) in [6.45, 7) is 6.45. The maximum Gasteiger partial charge on any atom is 0.0564 e. The normalized spacial score (nSPS) is 12.5. The van der Waals surface area contributed by atoms with E-state index in [4.69, 9.17) is 0 Å². The Morgan fingerprint density at radius 2 is 2.22 bits per heavy atom. The van der Waals surface area contributed by atoms with Crippen LogP contribution in [-0.2, 0) is 6.54 Å². The van der Waals surface area contributed by atoms with Crippen molar-refractivity contribution in [1.82, 2.24) is 9.88 Å². The van der Waals surface area contributed by atoms with Gasteiger partial charge in [-0.3, -0.25) is 14.9 Å². The second-order valence-corrected chi connectivity index (χ2v) is 5.58. The standard InChI is InChI=1S/C19H24N4/c1-15-7-8-17(18(12-15)21-3)14-23(4)19(9-11-20-2)16-6-5-10-22-13-16/h5-13,19,21H,2,14H2,1,3-4H3/b11-9-. The van der Waals surface area contributed by atoms with Crippen LogP contribution in [0.3, 0.4) is 0 Å². The largest absolute Gasteiger partial charge is 0.388 e. The molecule has 120 valence electrons. The highest BCUT2D eigenvalue weighted by Gasteiger charge is 2.16. The highest BCUT2D eigenvalue weighted by molar-refractivity contribution is 5.52. The second-order valence-electron chi connectivity index (χ2n) is 5.58. The van der Waals surface area contributed by atoms with Crippen molar-refractivity contribution < 1.29 is 0 Å². The molecule has 0 bridgehead atoms. The van der Waals surface area contributed by atoms with Crippen molar-refractivity contribution in [2.45, 2.75) is 19.5 Å². The lowest BCUT2D eigenvalue weighted by Gasteiger charge is -2.26. The molecule has 4 nitrogen and oxygen atoms in total. The minimum absolute atomic E-state index is 0.0974. The van der Waals surface area contributed by atoms with Crippen LogP contribution in [0.1, 0.15) is 22.7 Å². The number of hydrogen-bond donors (Lipinski definition) is 1. The molecule has 23 heavy (non-hydrogen) atoms. The van der Waals surface area contributed by atoms with E-state index in [1.807, 2.05) is 25.4 Å². The maximum atomic E-state index is 4.23. The van der Waals surface area contributed by atoms with Gasteiger partial charge in [0.15, 0.2) is 0 Å². The fourth-order valence-corrected chi connectivity index (χ4v) is 2.63. The summed E-state index contributed by atoms with van der Waals surface area (Å²) in [6.07, 6.45) is 7.46.